The van der Waals surface area contributed by atoms with Crippen LogP contribution in [0, 0.1) is 0 Å². The van der Waals surface area contributed by atoms with Crippen LogP contribution in [0.3, 0.4) is 0 Å². The lowest BCUT2D eigenvalue weighted by molar-refractivity contribution is -0.0495. The van der Waals surface area contributed by atoms with Gasteiger partial charge in [-0.3, -0.25) is 0 Å². The Kier molecular flexibility index (Phi) is 11.1. The van der Waals surface area contributed by atoms with Crippen molar-refractivity contribution in [3.8, 4) is 5.75 Å². The predicted octanol–water partition coefficient (Wildman–Crippen LogP) is 4.30. The second kappa shape index (κ2) is 13.5. The highest BCUT2D eigenvalue weighted by molar-refractivity contribution is 14.0. The van der Waals surface area contributed by atoms with Gasteiger partial charge in [-0.1, -0.05) is 36.4 Å². The summed E-state index contributed by atoms with van der Waals surface area (Å²) >= 11 is 0. The Balaban J connectivity index is 0.00000385. The quantitative estimate of drug-likeness (QED) is 0.266. The molecule has 0 radical (unpaired) electrons. The van der Waals surface area contributed by atoms with E-state index in [9.17, 15) is 8.78 Å². The molecule has 1 heterocycles. The van der Waals surface area contributed by atoms with Gasteiger partial charge in [-0.25, -0.2) is 4.99 Å². The fourth-order valence-corrected chi connectivity index (χ4v) is 3.90. The Bertz CT molecular complexity index is 897. The molecule has 2 aromatic carbocycles. The lowest BCUT2D eigenvalue weighted by Crippen LogP contribution is -2.44. The summed E-state index contributed by atoms with van der Waals surface area (Å²) in [6.45, 7) is 2.85. The number of para-hydroxylation sites is 2. The molecule has 9 heteroatoms. The van der Waals surface area contributed by atoms with Crippen molar-refractivity contribution in [1.29, 1.82) is 0 Å². The van der Waals surface area contributed by atoms with Gasteiger partial charge in [-0.05, 0) is 50.7 Å². The fourth-order valence-electron chi connectivity index (χ4n) is 3.90. The third-order valence-corrected chi connectivity index (χ3v) is 5.31. The van der Waals surface area contributed by atoms with Crippen LogP contribution in [0.4, 0.5) is 14.5 Å². The molecule has 33 heavy (non-hydrogen) atoms. The topological polar surface area (TPSA) is 52.1 Å². The molecule has 1 unspecified atom stereocenters. The first-order chi connectivity index (χ1) is 15.5. The second-order valence-corrected chi connectivity index (χ2v) is 8.12. The Labute approximate surface area is 212 Å². The van der Waals surface area contributed by atoms with Gasteiger partial charge in [0.15, 0.2) is 5.96 Å². The molecule has 3 rings (SSSR count). The highest BCUT2D eigenvalue weighted by Crippen LogP contribution is 2.31. The van der Waals surface area contributed by atoms with Gasteiger partial charge >= 0.3 is 6.61 Å². The zero-order valence-electron chi connectivity index (χ0n) is 19.4. The molecule has 0 aromatic heterocycles. The van der Waals surface area contributed by atoms with E-state index in [4.69, 9.17) is 9.73 Å². The molecule has 2 aromatic rings. The summed E-state index contributed by atoms with van der Waals surface area (Å²) in [6, 6.07) is 15.4. The number of anilines is 1. The van der Waals surface area contributed by atoms with Crippen molar-refractivity contribution in [3.63, 3.8) is 0 Å². The van der Waals surface area contributed by atoms with Crippen molar-refractivity contribution in [2.75, 3.05) is 38.6 Å². The van der Waals surface area contributed by atoms with E-state index < -0.39 is 6.61 Å². The molecule has 182 valence electrons. The largest absolute Gasteiger partial charge is 0.433 e. The maximum Gasteiger partial charge on any atom is 0.387 e. The lowest BCUT2D eigenvalue weighted by Gasteiger charge is -2.22. The first kappa shape index (κ1) is 27.1. The number of hydrogen-bond donors (Lipinski definition) is 2. The molecule has 1 atom stereocenters. The normalized spacial score (nSPS) is 16.2. The van der Waals surface area contributed by atoms with Crippen LogP contribution in [0.25, 0.3) is 0 Å². The van der Waals surface area contributed by atoms with Crippen LogP contribution in [0.1, 0.15) is 24.5 Å². The van der Waals surface area contributed by atoms with Gasteiger partial charge < -0.3 is 25.2 Å². The van der Waals surface area contributed by atoms with Crippen LogP contribution >= 0.6 is 24.0 Å². The molecular formula is C24H34F2IN5O. The number of aliphatic imine (C=N–C) groups is 1. The van der Waals surface area contributed by atoms with Crippen LogP contribution in [-0.4, -0.2) is 57.2 Å². The molecular weight excluding hydrogens is 539 g/mol. The number of nitrogens with zero attached hydrogens (tertiary/aromatic N) is 3. The van der Waals surface area contributed by atoms with Gasteiger partial charge in [-0.15, -0.1) is 24.0 Å². The van der Waals surface area contributed by atoms with Gasteiger partial charge in [0.25, 0.3) is 0 Å². The molecule has 2 N–H and O–H groups in total. The van der Waals surface area contributed by atoms with E-state index in [1.165, 1.54) is 11.1 Å². The minimum Gasteiger partial charge on any atom is -0.433 e. The monoisotopic (exact) mass is 573 g/mol. The number of halogens is 3. The van der Waals surface area contributed by atoms with Gasteiger partial charge in [-0.2, -0.15) is 8.78 Å². The number of rotatable bonds is 9. The maximum absolute atomic E-state index is 12.8. The molecule has 0 amide bonds. The summed E-state index contributed by atoms with van der Waals surface area (Å²) in [5, 5.41) is 6.82. The number of benzene rings is 2. The number of ether oxygens (including phenoxy) is 1. The Morgan fingerprint density at radius 2 is 1.85 bits per heavy atom. The SMILES string of the molecule is CCNC(=NCc1ccccc1CN(C)C)NC1CCN(c2ccccc2OC(F)F)C1.I. The van der Waals surface area contributed by atoms with Gasteiger partial charge in [0, 0.05) is 32.2 Å². The standard InChI is InChI=1S/C24H33F2N5O.HI/c1-4-27-24(28-15-18-9-5-6-10-19(18)16-30(2)3)29-20-13-14-31(17-20)21-11-7-8-12-22(21)32-23(25)26;/h5-12,20,23H,4,13-17H2,1-3H3,(H2,27,28,29);1H. The summed E-state index contributed by atoms with van der Waals surface area (Å²) in [5.74, 6) is 0.970. The average Bonchev–Trinajstić information content (AvgIpc) is 3.21. The molecule has 0 saturated carbocycles. The minimum absolute atomic E-state index is 0. The molecule has 0 spiro atoms. The molecule has 0 bridgehead atoms. The summed E-state index contributed by atoms with van der Waals surface area (Å²) < 4.78 is 30.2. The zero-order valence-corrected chi connectivity index (χ0v) is 21.8. The van der Waals surface area contributed by atoms with E-state index >= 15 is 0 Å². The minimum atomic E-state index is -2.84. The third-order valence-electron chi connectivity index (χ3n) is 5.31. The fraction of sp³-hybridized carbons (Fsp3) is 0.458. The summed E-state index contributed by atoms with van der Waals surface area (Å²) in [6.07, 6.45) is 0.880. The molecule has 1 fully saturated rings. The molecule has 1 aliphatic rings. The molecule has 0 aliphatic carbocycles. The van der Waals surface area contributed by atoms with E-state index in [2.05, 4.69) is 52.7 Å². The first-order valence-electron chi connectivity index (χ1n) is 11.0. The van der Waals surface area contributed by atoms with E-state index in [0.717, 1.165) is 32.0 Å². The smallest absolute Gasteiger partial charge is 0.387 e. The number of alkyl halides is 2. The van der Waals surface area contributed by atoms with E-state index in [0.29, 0.717) is 18.8 Å². The van der Waals surface area contributed by atoms with Crippen LogP contribution in [0.5, 0.6) is 5.75 Å². The van der Waals surface area contributed by atoms with Gasteiger partial charge in [0.1, 0.15) is 5.75 Å². The summed E-state index contributed by atoms with van der Waals surface area (Å²) in [7, 11) is 4.12. The van der Waals surface area contributed by atoms with E-state index in [-0.39, 0.29) is 35.8 Å². The zero-order chi connectivity index (χ0) is 22.9. The lowest BCUT2D eigenvalue weighted by atomic mass is 10.1. The third kappa shape index (κ3) is 8.29. The van der Waals surface area contributed by atoms with Gasteiger partial charge in [0.2, 0.25) is 0 Å². The highest BCUT2D eigenvalue weighted by Gasteiger charge is 2.26. The molecule has 1 aliphatic heterocycles. The maximum atomic E-state index is 12.8. The van der Waals surface area contributed by atoms with Crippen molar-refractivity contribution >= 4 is 35.6 Å². The highest BCUT2D eigenvalue weighted by atomic mass is 127. The van der Waals surface area contributed by atoms with Crippen LogP contribution in [-0.2, 0) is 13.1 Å². The van der Waals surface area contributed by atoms with Crippen LogP contribution in [0.15, 0.2) is 53.5 Å². The molecule has 6 nitrogen and oxygen atoms in total. The number of nitrogens with one attached hydrogen (secondary N) is 2. The van der Waals surface area contributed by atoms with Crippen molar-refractivity contribution < 1.29 is 13.5 Å². The van der Waals surface area contributed by atoms with Crippen molar-refractivity contribution in [3.05, 3.63) is 59.7 Å². The number of hydrogen-bond acceptors (Lipinski definition) is 4. The summed E-state index contributed by atoms with van der Waals surface area (Å²) in [5.41, 5.74) is 3.15. The van der Waals surface area contributed by atoms with E-state index in [1.807, 2.05) is 25.1 Å². The summed E-state index contributed by atoms with van der Waals surface area (Å²) in [4.78, 5) is 9.03. The molecule has 1 saturated heterocycles. The predicted molar refractivity (Wildman–Crippen MR) is 141 cm³/mol. The van der Waals surface area contributed by atoms with Crippen molar-refractivity contribution in [2.24, 2.45) is 4.99 Å². The van der Waals surface area contributed by atoms with Gasteiger partial charge in [0.05, 0.1) is 12.2 Å². The Morgan fingerprint density at radius 1 is 1.15 bits per heavy atom. The van der Waals surface area contributed by atoms with Crippen LogP contribution in [0.2, 0.25) is 0 Å². The Morgan fingerprint density at radius 3 is 2.55 bits per heavy atom. The number of guanidine groups is 1. The average molecular weight is 573 g/mol. The van der Waals surface area contributed by atoms with E-state index in [1.54, 1.807) is 12.1 Å². The van der Waals surface area contributed by atoms with Crippen LogP contribution < -0.4 is 20.3 Å². The first-order valence-corrected chi connectivity index (χ1v) is 11.0. The second-order valence-electron chi connectivity index (χ2n) is 8.12. The van der Waals surface area contributed by atoms with Crippen molar-refractivity contribution in [1.82, 2.24) is 15.5 Å². The van der Waals surface area contributed by atoms with Crippen molar-refractivity contribution in [2.45, 2.75) is 39.1 Å². The Hall–Kier alpha value is -2.14.